The molecule has 2 heterocycles. The largest absolute Gasteiger partial charge is 0.497 e. The van der Waals surface area contributed by atoms with Crippen LogP contribution in [-0.2, 0) is 6.42 Å². The van der Waals surface area contributed by atoms with Crippen LogP contribution in [0.5, 0.6) is 5.75 Å². The molecule has 2 aromatic rings. The van der Waals surface area contributed by atoms with Gasteiger partial charge in [0, 0.05) is 32.7 Å². The van der Waals surface area contributed by atoms with Crippen LogP contribution in [0.15, 0.2) is 36.4 Å². The Kier molecular flexibility index (Phi) is 6.01. The summed E-state index contributed by atoms with van der Waals surface area (Å²) < 4.78 is 5.14. The van der Waals surface area contributed by atoms with Crippen molar-refractivity contribution in [2.24, 2.45) is 0 Å². The van der Waals surface area contributed by atoms with Gasteiger partial charge in [-0.05, 0) is 43.3 Å². The maximum Gasteiger partial charge on any atom is 0.271 e. The maximum absolute atomic E-state index is 12.2. The molecule has 1 amide bonds. The molecule has 0 radical (unpaired) electrons. The molecule has 7 nitrogen and oxygen atoms in total. The summed E-state index contributed by atoms with van der Waals surface area (Å²) in [7, 11) is 3.76. The summed E-state index contributed by atoms with van der Waals surface area (Å²) in [5.74, 6) is 1.46. The molecule has 0 saturated carbocycles. The summed E-state index contributed by atoms with van der Waals surface area (Å²) in [6.07, 6.45) is 0.753. The fourth-order valence-electron chi connectivity index (χ4n) is 2.85. The van der Waals surface area contributed by atoms with Gasteiger partial charge in [0.05, 0.1) is 7.11 Å². The Morgan fingerprint density at radius 1 is 1.08 bits per heavy atom. The number of likely N-dealkylation sites (N-methyl/N-ethyl adjacent to an activating group) is 1. The Bertz CT molecular complexity index is 710. The van der Waals surface area contributed by atoms with Gasteiger partial charge in [-0.1, -0.05) is 12.1 Å². The van der Waals surface area contributed by atoms with Gasteiger partial charge < -0.3 is 19.9 Å². The molecule has 1 aromatic carbocycles. The molecule has 26 heavy (non-hydrogen) atoms. The van der Waals surface area contributed by atoms with Gasteiger partial charge in [-0.2, -0.15) is 0 Å². The summed E-state index contributed by atoms with van der Waals surface area (Å²) in [5.41, 5.74) is 1.49. The highest BCUT2D eigenvalue weighted by Gasteiger charge is 2.16. The fourth-order valence-corrected chi connectivity index (χ4v) is 2.85. The Labute approximate surface area is 154 Å². The van der Waals surface area contributed by atoms with E-state index in [-0.39, 0.29) is 5.91 Å². The van der Waals surface area contributed by atoms with Gasteiger partial charge in [0.15, 0.2) is 11.5 Å². The van der Waals surface area contributed by atoms with E-state index in [1.807, 2.05) is 30.3 Å². The molecule has 0 spiro atoms. The number of piperazine rings is 1. The smallest absolute Gasteiger partial charge is 0.271 e. The highest BCUT2D eigenvalue weighted by Crippen LogP contribution is 2.13. The second-order valence-corrected chi connectivity index (χ2v) is 6.42. The van der Waals surface area contributed by atoms with E-state index >= 15 is 0 Å². The highest BCUT2D eigenvalue weighted by atomic mass is 16.5. The van der Waals surface area contributed by atoms with Crippen LogP contribution in [0, 0.1) is 0 Å². The molecule has 3 rings (SSSR count). The third-order valence-corrected chi connectivity index (χ3v) is 4.57. The zero-order valence-electron chi connectivity index (χ0n) is 15.3. The minimum absolute atomic E-state index is 0.198. The lowest BCUT2D eigenvalue weighted by Gasteiger charge is -2.32. The molecule has 138 valence electrons. The number of anilines is 1. The number of hydrogen-bond acceptors (Lipinski definition) is 6. The van der Waals surface area contributed by atoms with Crippen molar-refractivity contribution in [2.45, 2.75) is 6.42 Å². The van der Waals surface area contributed by atoms with Gasteiger partial charge in [-0.15, -0.1) is 10.2 Å². The zero-order valence-corrected chi connectivity index (χ0v) is 15.3. The van der Waals surface area contributed by atoms with E-state index in [0.29, 0.717) is 12.2 Å². The second-order valence-electron chi connectivity index (χ2n) is 6.42. The van der Waals surface area contributed by atoms with Crippen molar-refractivity contribution in [2.75, 3.05) is 51.8 Å². The Morgan fingerprint density at radius 3 is 2.42 bits per heavy atom. The van der Waals surface area contributed by atoms with Crippen molar-refractivity contribution in [3.05, 3.63) is 47.7 Å². The first-order valence-electron chi connectivity index (χ1n) is 8.84. The third-order valence-electron chi connectivity index (χ3n) is 4.57. The van der Waals surface area contributed by atoms with Crippen LogP contribution >= 0.6 is 0 Å². The maximum atomic E-state index is 12.2. The van der Waals surface area contributed by atoms with Gasteiger partial charge in [0.1, 0.15) is 5.75 Å². The van der Waals surface area contributed by atoms with E-state index in [4.69, 9.17) is 4.74 Å². The van der Waals surface area contributed by atoms with Crippen molar-refractivity contribution in [3.63, 3.8) is 0 Å². The van der Waals surface area contributed by atoms with E-state index in [1.54, 1.807) is 13.2 Å². The standard InChI is InChI=1S/C19H25N5O2/c1-23-11-13-24(14-12-23)18-8-7-17(21-22-18)19(25)20-10-9-15-3-5-16(26-2)6-4-15/h3-8H,9-14H2,1-2H3,(H,20,25). The van der Waals surface area contributed by atoms with Crippen LogP contribution in [0.2, 0.25) is 0 Å². The Balaban J connectivity index is 1.48. The van der Waals surface area contributed by atoms with Gasteiger partial charge in [-0.25, -0.2) is 0 Å². The molecular weight excluding hydrogens is 330 g/mol. The number of methoxy groups -OCH3 is 1. The minimum Gasteiger partial charge on any atom is -0.497 e. The first-order chi connectivity index (χ1) is 12.7. The molecule has 0 atom stereocenters. The lowest BCUT2D eigenvalue weighted by atomic mass is 10.1. The van der Waals surface area contributed by atoms with Crippen molar-refractivity contribution < 1.29 is 9.53 Å². The minimum atomic E-state index is -0.198. The van der Waals surface area contributed by atoms with E-state index in [2.05, 4.69) is 32.4 Å². The summed E-state index contributed by atoms with van der Waals surface area (Å²) in [4.78, 5) is 16.7. The molecule has 1 aliphatic heterocycles. The summed E-state index contributed by atoms with van der Waals surface area (Å²) in [6, 6.07) is 11.4. The molecular formula is C19H25N5O2. The number of ether oxygens (including phenoxy) is 1. The molecule has 0 unspecified atom stereocenters. The van der Waals surface area contributed by atoms with Gasteiger partial charge in [0.25, 0.3) is 5.91 Å². The normalized spacial score (nSPS) is 14.9. The van der Waals surface area contributed by atoms with Crippen LogP contribution in [0.25, 0.3) is 0 Å². The topological polar surface area (TPSA) is 70.6 Å². The van der Waals surface area contributed by atoms with Crippen molar-refractivity contribution in [1.82, 2.24) is 20.4 Å². The lowest BCUT2D eigenvalue weighted by Crippen LogP contribution is -2.44. The zero-order chi connectivity index (χ0) is 18.4. The van der Waals surface area contributed by atoms with Crippen molar-refractivity contribution in [3.8, 4) is 5.75 Å². The van der Waals surface area contributed by atoms with Crippen LogP contribution in [0.4, 0.5) is 5.82 Å². The van der Waals surface area contributed by atoms with Crippen LogP contribution in [0.3, 0.4) is 0 Å². The van der Waals surface area contributed by atoms with Gasteiger partial charge >= 0.3 is 0 Å². The van der Waals surface area contributed by atoms with Crippen LogP contribution in [-0.4, -0.2) is 67.9 Å². The predicted molar refractivity (Wildman–Crippen MR) is 101 cm³/mol. The molecule has 1 aliphatic rings. The summed E-state index contributed by atoms with van der Waals surface area (Å²) in [5, 5.41) is 11.2. The van der Waals surface area contributed by atoms with Crippen molar-refractivity contribution in [1.29, 1.82) is 0 Å². The number of carbonyl (C=O) groups excluding carboxylic acids is 1. The number of rotatable bonds is 6. The summed E-state index contributed by atoms with van der Waals surface area (Å²) in [6.45, 7) is 4.43. The molecule has 1 aromatic heterocycles. The Hall–Kier alpha value is -2.67. The molecule has 0 aliphatic carbocycles. The van der Waals surface area contributed by atoms with E-state index in [0.717, 1.165) is 49.7 Å². The number of benzene rings is 1. The third kappa shape index (κ3) is 4.70. The second kappa shape index (κ2) is 8.62. The number of nitrogens with zero attached hydrogens (tertiary/aromatic N) is 4. The van der Waals surface area contributed by atoms with Crippen LogP contribution < -0.4 is 15.0 Å². The lowest BCUT2D eigenvalue weighted by molar-refractivity contribution is 0.0948. The average Bonchev–Trinajstić information content (AvgIpc) is 2.69. The Morgan fingerprint density at radius 2 is 1.81 bits per heavy atom. The van der Waals surface area contributed by atoms with E-state index < -0.39 is 0 Å². The number of aromatic nitrogens is 2. The number of hydrogen-bond donors (Lipinski definition) is 1. The van der Waals surface area contributed by atoms with Gasteiger partial charge in [-0.3, -0.25) is 4.79 Å². The molecule has 1 fully saturated rings. The quantitative estimate of drug-likeness (QED) is 0.840. The van der Waals surface area contributed by atoms with E-state index in [9.17, 15) is 4.79 Å². The molecule has 1 N–H and O–H groups in total. The SMILES string of the molecule is COc1ccc(CCNC(=O)c2ccc(N3CCN(C)CC3)nn2)cc1. The molecule has 0 bridgehead atoms. The highest BCUT2D eigenvalue weighted by molar-refractivity contribution is 5.92. The number of nitrogens with one attached hydrogen (secondary N) is 1. The number of carbonyl (C=O) groups is 1. The number of amides is 1. The first-order valence-corrected chi connectivity index (χ1v) is 8.84. The van der Waals surface area contributed by atoms with Crippen LogP contribution in [0.1, 0.15) is 16.1 Å². The average molecular weight is 355 g/mol. The first kappa shape index (κ1) is 18.1. The summed E-state index contributed by atoms with van der Waals surface area (Å²) >= 11 is 0. The molecule has 7 heteroatoms. The molecule has 1 saturated heterocycles. The predicted octanol–water partition coefficient (Wildman–Crippen LogP) is 1.21. The van der Waals surface area contributed by atoms with E-state index in [1.165, 1.54) is 0 Å². The fraction of sp³-hybridized carbons (Fsp3) is 0.421. The monoisotopic (exact) mass is 355 g/mol. The van der Waals surface area contributed by atoms with Crippen molar-refractivity contribution >= 4 is 11.7 Å². The van der Waals surface area contributed by atoms with Gasteiger partial charge in [0.2, 0.25) is 0 Å².